The summed E-state index contributed by atoms with van der Waals surface area (Å²) in [6, 6.07) is 7.62. The molecule has 0 saturated carbocycles. The van der Waals surface area contributed by atoms with E-state index < -0.39 is 12.5 Å². The number of alkyl halides is 2. The van der Waals surface area contributed by atoms with E-state index in [0.717, 1.165) is 5.56 Å². The quantitative estimate of drug-likeness (QED) is 0.891. The molecule has 5 nitrogen and oxygen atoms in total. The number of benzene rings is 1. The molecule has 0 bridgehead atoms. The van der Waals surface area contributed by atoms with E-state index in [9.17, 15) is 13.6 Å². The van der Waals surface area contributed by atoms with Crippen molar-refractivity contribution >= 4 is 5.91 Å². The Morgan fingerprint density at radius 2 is 1.95 bits per heavy atom. The number of nitrogens with zero attached hydrogens (tertiary/aromatic N) is 1. The molecule has 0 fully saturated rings. The number of carbonyl (C=O) groups excluding carboxylic acids is 1. The van der Waals surface area contributed by atoms with Gasteiger partial charge in [0.2, 0.25) is 0 Å². The van der Waals surface area contributed by atoms with Gasteiger partial charge in [0.25, 0.3) is 5.91 Å². The monoisotopic (exact) mass is 308 g/mol. The van der Waals surface area contributed by atoms with E-state index in [1.165, 1.54) is 25.3 Å². The molecule has 22 heavy (non-hydrogen) atoms. The Labute approximate surface area is 125 Å². The van der Waals surface area contributed by atoms with E-state index >= 15 is 0 Å². The topological polar surface area (TPSA) is 60.5 Å². The lowest BCUT2D eigenvalue weighted by Crippen LogP contribution is -2.22. The number of ether oxygens (including phenoxy) is 2. The van der Waals surface area contributed by atoms with Crippen LogP contribution in [0.2, 0.25) is 0 Å². The van der Waals surface area contributed by atoms with Crippen LogP contribution in [0.3, 0.4) is 0 Å². The van der Waals surface area contributed by atoms with E-state index in [2.05, 4.69) is 15.0 Å². The molecule has 1 amide bonds. The van der Waals surface area contributed by atoms with Crippen LogP contribution >= 0.6 is 0 Å². The normalized spacial score (nSPS) is 10.4. The number of nitrogens with one attached hydrogen (secondary N) is 1. The maximum Gasteiger partial charge on any atom is 0.387 e. The number of hydrogen-bond acceptors (Lipinski definition) is 4. The summed E-state index contributed by atoms with van der Waals surface area (Å²) in [6.07, 6.45) is 3.23. The molecular weight excluding hydrogens is 294 g/mol. The molecule has 0 aliphatic rings. The van der Waals surface area contributed by atoms with Crippen LogP contribution in [-0.2, 0) is 6.54 Å². The predicted molar refractivity (Wildman–Crippen MR) is 75.0 cm³/mol. The van der Waals surface area contributed by atoms with Crippen molar-refractivity contribution in [3.8, 4) is 11.5 Å². The lowest BCUT2D eigenvalue weighted by Gasteiger charge is -2.11. The first-order valence-electron chi connectivity index (χ1n) is 6.40. The Morgan fingerprint density at radius 1 is 1.23 bits per heavy atom. The van der Waals surface area contributed by atoms with Gasteiger partial charge in [-0.25, -0.2) is 0 Å². The van der Waals surface area contributed by atoms with Crippen molar-refractivity contribution in [3.05, 3.63) is 53.9 Å². The summed E-state index contributed by atoms with van der Waals surface area (Å²) in [5, 5.41) is 2.68. The minimum atomic E-state index is -3.00. The van der Waals surface area contributed by atoms with Crippen molar-refractivity contribution in [1.29, 1.82) is 0 Å². The number of hydrogen-bond donors (Lipinski definition) is 1. The molecule has 0 atom stereocenters. The molecule has 0 spiro atoms. The van der Waals surface area contributed by atoms with E-state index in [0.29, 0.717) is 6.54 Å². The van der Waals surface area contributed by atoms with Crippen LogP contribution in [0.5, 0.6) is 11.5 Å². The summed E-state index contributed by atoms with van der Waals surface area (Å²) in [4.78, 5) is 15.9. The van der Waals surface area contributed by atoms with Gasteiger partial charge in [-0.15, -0.1) is 0 Å². The van der Waals surface area contributed by atoms with E-state index in [-0.39, 0.29) is 17.1 Å². The van der Waals surface area contributed by atoms with Crippen LogP contribution in [0, 0.1) is 0 Å². The van der Waals surface area contributed by atoms with Gasteiger partial charge in [0.15, 0.2) is 11.5 Å². The third-order valence-corrected chi connectivity index (χ3v) is 2.84. The maximum atomic E-state index is 12.4. The summed E-state index contributed by atoms with van der Waals surface area (Å²) in [5.74, 6) is -0.460. The molecule has 0 saturated heterocycles. The van der Waals surface area contributed by atoms with Crippen LogP contribution in [0.4, 0.5) is 8.78 Å². The average Bonchev–Trinajstić information content (AvgIpc) is 2.53. The fourth-order valence-electron chi connectivity index (χ4n) is 1.79. The van der Waals surface area contributed by atoms with Crippen molar-refractivity contribution in [3.63, 3.8) is 0 Å². The summed E-state index contributed by atoms with van der Waals surface area (Å²) in [5.41, 5.74) is 1.08. The van der Waals surface area contributed by atoms with Crippen molar-refractivity contribution < 1.29 is 23.0 Å². The molecule has 1 aromatic carbocycles. The second kappa shape index (κ2) is 7.35. The van der Waals surface area contributed by atoms with Gasteiger partial charge in [-0.1, -0.05) is 0 Å². The highest BCUT2D eigenvalue weighted by molar-refractivity contribution is 5.94. The largest absolute Gasteiger partial charge is 0.493 e. The fourth-order valence-corrected chi connectivity index (χ4v) is 1.79. The van der Waals surface area contributed by atoms with E-state index in [4.69, 9.17) is 4.74 Å². The number of amides is 1. The summed E-state index contributed by atoms with van der Waals surface area (Å²) >= 11 is 0. The molecule has 1 aromatic heterocycles. The van der Waals surface area contributed by atoms with Crippen LogP contribution in [0.25, 0.3) is 0 Å². The zero-order valence-electron chi connectivity index (χ0n) is 11.8. The molecule has 0 radical (unpaired) electrons. The Hall–Kier alpha value is -2.70. The summed E-state index contributed by atoms with van der Waals surface area (Å²) < 4.78 is 34.0. The highest BCUT2D eigenvalue weighted by atomic mass is 19.3. The molecule has 7 heteroatoms. The number of halogens is 2. The Kier molecular flexibility index (Phi) is 5.24. The average molecular weight is 308 g/mol. The Morgan fingerprint density at radius 3 is 2.59 bits per heavy atom. The number of pyridine rings is 1. The molecule has 2 rings (SSSR count). The van der Waals surface area contributed by atoms with Crippen molar-refractivity contribution in [1.82, 2.24) is 10.3 Å². The van der Waals surface area contributed by atoms with Gasteiger partial charge in [0.1, 0.15) is 0 Å². The third-order valence-electron chi connectivity index (χ3n) is 2.84. The van der Waals surface area contributed by atoms with Gasteiger partial charge in [0.05, 0.1) is 7.11 Å². The first-order chi connectivity index (χ1) is 10.6. The van der Waals surface area contributed by atoms with Gasteiger partial charge in [0, 0.05) is 24.5 Å². The highest BCUT2D eigenvalue weighted by Gasteiger charge is 2.14. The maximum absolute atomic E-state index is 12.4. The van der Waals surface area contributed by atoms with Gasteiger partial charge in [-0.05, 0) is 35.9 Å². The van der Waals surface area contributed by atoms with Gasteiger partial charge in [-0.2, -0.15) is 8.78 Å². The standard InChI is InChI=1S/C15H14F2N2O3/c1-21-12-3-2-11(8-13(12)22-15(16)17)14(20)19-9-10-4-6-18-7-5-10/h2-8,15H,9H2,1H3,(H,19,20). The predicted octanol–water partition coefficient (Wildman–Crippen LogP) is 2.62. The fraction of sp³-hybridized carbons (Fsp3) is 0.200. The van der Waals surface area contributed by atoms with E-state index in [1.54, 1.807) is 24.5 Å². The van der Waals surface area contributed by atoms with Crippen LogP contribution in [0.1, 0.15) is 15.9 Å². The summed E-state index contributed by atoms with van der Waals surface area (Å²) in [7, 11) is 1.33. The highest BCUT2D eigenvalue weighted by Crippen LogP contribution is 2.29. The number of methoxy groups -OCH3 is 1. The van der Waals surface area contributed by atoms with Crippen molar-refractivity contribution in [2.24, 2.45) is 0 Å². The third kappa shape index (κ3) is 4.15. The lowest BCUT2D eigenvalue weighted by molar-refractivity contribution is -0.0512. The minimum Gasteiger partial charge on any atom is -0.493 e. The molecule has 0 unspecified atom stereocenters. The molecule has 0 aliphatic heterocycles. The Bertz CT molecular complexity index is 636. The van der Waals surface area contributed by atoms with Crippen molar-refractivity contribution in [2.75, 3.05) is 7.11 Å². The van der Waals surface area contributed by atoms with Crippen LogP contribution in [-0.4, -0.2) is 24.6 Å². The first kappa shape index (κ1) is 15.7. The molecular formula is C15H14F2N2O3. The second-order valence-corrected chi connectivity index (χ2v) is 4.28. The molecule has 0 aliphatic carbocycles. The van der Waals surface area contributed by atoms with E-state index in [1.807, 2.05) is 0 Å². The van der Waals surface area contributed by atoms with Crippen molar-refractivity contribution in [2.45, 2.75) is 13.2 Å². The molecule has 1 heterocycles. The number of aromatic nitrogens is 1. The number of carbonyl (C=O) groups is 1. The first-order valence-corrected chi connectivity index (χ1v) is 6.40. The molecule has 2 aromatic rings. The molecule has 1 N–H and O–H groups in total. The van der Waals surface area contributed by atoms with Crippen LogP contribution in [0.15, 0.2) is 42.7 Å². The molecule has 116 valence electrons. The summed E-state index contributed by atoms with van der Waals surface area (Å²) in [6.45, 7) is -2.69. The van der Waals surface area contributed by atoms with Gasteiger partial charge < -0.3 is 14.8 Å². The zero-order valence-corrected chi connectivity index (χ0v) is 11.8. The lowest BCUT2D eigenvalue weighted by atomic mass is 10.2. The van der Waals surface area contributed by atoms with Gasteiger partial charge >= 0.3 is 6.61 Å². The zero-order chi connectivity index (χ0) is 15.9. The van der Waals surface area contributed by atoms with Crippen LogP contribution < -0.4 is 14.8 Å². The number of rotatable bonds is 6. The minimum absolute atomic E-state index is 0.131. The smallest absolute Gasteiger partial charge is 0.387 e. The Balaban J connectivity index is 2.09. The SMILES string of the molecule is COc1ccc(C(=O)NCc2ccncc2)cc1OC(F)F. The second-order valence-electron chi connectivity index (χ2n) is 4.28. The van der Waals surface area contributed by atoms with Gasteiger partial charge in [-0.3, -0.25) is 9.78 Å².